The average molecular weight is 334 g/mol. The Morgan fingerprint density at radius 2 is 2.08 bits per heavy atom. The smallest absolute Gasteiger partial charge is 0.257 e. The topological polar surface area (TPSA) is 91.8 Å². The van der Waals surface area contributed by atoms with E-state index in [1.54, 1.807) is 24.3 Å². The molecule has 2 aromatic heterocycles. The fourth-order valence-electron chi connectivity index (χ4n) is 2.63. The van der Waals surface area contributed by atoms with Crippen LogP contribution in [-0.4, -0.2) is 16.0 Å². The van der Waals surface area contributed by atoms with Crippen molar-refractivity contribution < 1.29 is 9.32 Å². The van der Waals surface area contributed by atoms with Crippen LogP contribution in [-0.2, 0) is 0 Å². The van der Waals surface area contributed by atoms with Gasteiger partial charge >= 0.3 is 0 Å². The molecule has 0 bridgehead atoms. The van der Waals surface area contributed by atoms with Crippen molar-refractivity contribution in [1.29, 1.82) is 5.26 Å². The van der Waals surface area contributed by atoms with Crippen molar-refractivity contribution in [3.63, 3.8) is 0 Å². The van der Waals surface area contributed by atoms with Crippen molar-refractivity contribution in [3.8, 4) is 6.07 Å². The molecule has 0 radical (unpaired) electrons. The van der Waals surface area contributed by atoms with E-state index in [2.05, 4.69) is 21.5 Å². The lowest BCUT2D eigenvalue weighted by atomic mass is 10.0. The van der Waals surface area contributed by atoms with Gasteiger partial charge in [-0.3, -0.25) is 4.79 Å². The monoisotopic (exact) mass is 334 g/mol. The number of fused-ring (bicyclic) bond motifs is 1. The molecule has 0 aliphatic heterocycles. The van der Waals surface area contributed by atoms with E-state index in [0.29, 0.717) is 16.8 Å². The second-order valence-electron chi connectivity index (χ2n) is 6.23. The highest BCUT2D eigenvalue weighted by atomic mass is 16.5. The van der Waals surface area contributed by atoms with Gasteiger partial charge in [-0.05, 0) is 36.6 Å². The minimum Gasteiger partial charge on any atom is -0.345 e. The first kappa shape index (κ1) is 16.7. The molecular formula is C19H18N4O2. The van der Waals surface area contributed by atoms with Crippen LogP contribution in [0.1, 0.15) is 59.9 Å². The second-order valence-corrected chi connectivity index (χ2v) is 6.23. The van der Waals surface area contributed by atoms with Gasteiger partial charge in [-0.15, -0.1) is 0 Å². The highest BCUT2D eigenvalue weighted by molar-refractivity contribution is 5.97. The van der Waals surface area contributed by atoms with Crippen LogP contribution in [0.4, 0.5) is 0 Å². The fraction of sp³-hybridized carbons (Fsp3) is 0.263. The molecule has 0 spiro atoms. The number of nitriles is 1. The first-order valence-electron chi connectivity index (χ1n) is 8.06. The van der Waals surface area contributed by atoms with Crippen LogP contribution in [0, 0.1) is 11.3 Å². The second kappa shape index (κ2) is 6.73. The lowest BCUT2D eigenvalue weighted by Crippen LogP contribution is -2.26. The molecule has 0 saturated heterocycles. The van der Waals surface area contributed by atoms with Gasteiger partial charge in [0.2, 0.25) is 0 Å². The highest BCUT2D eigenvalue weighted by Gasteiger charge is 2.17. The number of benzene rings is 1. The van der Waals surface area contributed by atoms with Crippen LogP contribution >= 0.6 is 0 Å². The maximum atomic E-state index is 12.6. The van der Waals surface area contributed by atoms with Gasteiger partial charge in [0, 0.05) is 6.20 Å². The number of carbonyl (C=O) groups excluding carboxylic acids is 1. The van der Waals surface area contributed by atoms with Crippen LogP contribution < -0.4 is 5.32 Å². The molecule has 1 aromatic carbocycles. The van der Waals surface area contributed by atoms with E-state index in [1.165, 1.54) is 6.20 Å². The Morgan fingerprint density at radius 3 is 2.80 bits per heavy atom. The zero-order valence-electron chi connectivity index (χ0n) is 14.3. The molecule has 6 nitrogen and oxygen atoms in total. The van der Waals surface area contributed by atoms with E-state index in [1.807, 2.05) is 26.8 Å². The van der Waals surface area contributed by atoms with Gasteiger partial charge in [-0.25, -0.2) is 4.98 Å². The summed E-state index contributed by atoms with van der Waals surface area (Å²) in [6.45, 7) is 5.89. The van der Waals surface area contributed by atoms with Gasteiger partial charge in [0.05, 0.1) is 34.3 Å². The summed E-state index contributed by atoms with van der Waals surface area (Å²) in [5.41, 5.74) is 3.09. The number of hydrogen-bond donors (Lipinski definition) is 1. The molecular weight excluding hydrogens is 316 g/mol. The summed E-state index contributed by atoms with van der Waals surface area (Å²) in [6.07, 6.45) is 1.48. The number of pyridine rings is 1. The molecule has 1 atom stereocenters. The van der Waals surface area contributed by atoms with Gasteiger partial charge in [-0.1, -0.05) is 31.1 Å². The molecule has 0 aliphatic rings. The molecule has 1 unspecified atom stereocenters. The number of amides is 1. The number of rotatable bonds is 4. The highest BCUT2D eigenvalue weighted by Crippen LogP contribution is 2.24. The Bertz CT molecular complexity index is 969. The van der Waals surface area contributed by atoms with Gasteiger partial charge in [0.15, 0.2) is 0 Å². The molecule has 0 saturated carbocycles. The summed E-state index contributed by atoms with van der Waals surface area (Å²) >= 11 is 0. The van der Waals surface area contributed by atoms with Crippen molar-refractivity contribution in [2.45, 2.75) is 32.7 Å². The molecule has 0 aliphatic carbocycles. The molecule has 126 valence electrons. The minimum absolute atomic E-state index is 0.175. The molecule has 3 aromatic rings. The maximum absolute atomic E-state index is 12.6. The Kier molecular flexibility index (Phi) is 4.48. The quantitative estimate of drug-likeness (QED) is 0.785. The third kappa shape index (κ3) is 3.36. The Morgan fingerprint density at radius 1 is 1.28 bits per heavy atom. The number of aromatic nitrogens is 2. The number of nitrogens with one attached hydrogen (secondary N) is 1. The molecule has 0 fully saturated rings. The maximum Gasteiger partial charge on any atom is 0.257 e. The average Bonchev–Trinajstić information content (AvgIpc) is 3.05. The van der Waals surface area contributed by atoms with E-state index in [4.69, 9.17) is 9.78 Å². The molecule has 1 N–H and O–H groups in total. The standard InChI is InChI=1S/C19H18N4O2/c1-11(2)17-16-8-15(10-21-19(16)25-23-17)18(24)22-12(3)14-6-4-5-13(7-14)9-20/h4-8,10-12H,1-3H3,(H,22,24). The molecule has 2 heterocycles. The zero-order valence-corrected chi connectivity index (χ0v) is 14.3. The van der Waals surface area contributed by atoms with Crippen LogP contribution in [0.25, 0.3) is 11.1 Å². The van der Waals surface area contributed by atoms with Crippen molar-refractivity contribution >= 4 is 17.0 Å². The molecule has 25 heavy (non-hydrogen) atoms. The molecule has 6 heteroatoms. The molecule has 3 rings (SSSR count). The van der Waals surface area contributed by atoms with E-state index in [0.717, 1.165) is 16.6 Å². The Labute approximate surface area is 145 Å². The number of nitrogens with zero attached hydrogens (tertiary/aromatic N) is 3. The number of hydrogen-bond acceptors (Lipinski definition) is 5. The minimum atomic E-state index is -0.236. The SMILES string of the molecule is CC(C)c1noc2ncc(C(=O)NC(C)c3cccc(C#N)c3)cc12. The van der Waals surface area contributed by atoms with Crippen molar-refractivity contribution in [2.75, 3.05) is 0 Å². The predicted octanol–water partition coefficient (Wildman–Crippen LogP) is 3.71. The largest absolute Gasteiger partial charge is 0.345 e. The van der Waals surface area contributed by atoms with Crippen LogP contribution in [0.2, 0.25) is 0 Å². The lowest BCUT2D eigenvalue weighted by molar-refractivity contribution is 0.0939. The van der Waals surface area contributed by atoms with Crippen LogP contribution in [0.15, 0.2) is 41.1 Å². The van der Waals surface area contributed by atoms with Gasteiger partial charge in [0.25, 0.3) is 11.6 Å². The summed E-state index contributed by atoms with van der Waals surface area (Å²) < 4.78 is 5.20. The predicted molar refractivity (Wildman–Crippen MR) is 92.9 cm³/mol. The van der Waals surface area contributed by atoms with E-state index < -0.39 is 0 Å². The zero-order chi connectivity index (χ0) is 18.0. The Hall–Kier alpha value is -3.20. The van der Waals surface area contributed by atoms with Gasteiger partial charge < -0.3 is 9.84 Å². The lowest BCUT2D eigenvalue weighted by Gasteiger charge is -2.14. The third-order valence-electron chi connectivity index (χ3n) is 4.03. The normalized spacial score (nSPS) is 12.1. The summed E-state index contributed by atoms with van der Waals surface area (Å²) in [4.78, 5) is 16.7. The van der Waals surface area contributed by atoms with Crippen molar-refractivity contribution in [2.24, 2.45) is 0 Å². The van der Waals surface area contributed by atoms with E-state index in [-0.39, 0.29) is 17.9 Å². The summed E-state index contributed by atoms with van der Waals surface area (Å²) in [6, 6.07) is 10.8. The summed E-state index contributed by atoms with van der Waals surface area (Å²) in [7, 11) is 0. The van der Waals surface area contributed by atoms with Crippen molar-refractivity contribution in [3.05, 3.63) is 58.9 Å². The third-order valence-corrected chi connectivity index (χ3v) is 4.03. The van der Waals surface area contributed by atoms with Crippen LogP contribution in [0.3, 0.4) is 0 Å². The first-order valence-corrected chi connectivity index (χ1v) is 8.06. The van der Waals surface area contributed by atoms with Gasteiger partial charge in [-0.2, -0.15) is 5.26 Å². The summed E-state index contributed by atoms with van der Waals surface area (Å²) in [5, 5.41) is 16.7. The van der Waals surface area contributed by atoms with Crippen LogP contribution in [0.5, 0.6) is 0 Å². The Balaban J connectivity index is 1.84. The van der Waals surface area contributed by atoms with Crippen molar-refractivity contribution in [1.82, 2.24) is 15.5 Å². The van der Waals surface area contributed by atoms with E-state index in [9.17, 15) is 4.79 Å². The number of carbonyl (C=O) groups is 1. The molecule has 1 amide bonds. The fourth-order valence-corrected chi connectivity index (χ4v) is 2.63. The summed E-state index contributed by atoms with van der Waals surface area (Å²) in [5.74, 6) is -0.0610. The van der Waals surface area contributed by atoms with Gasteiger partial charge in [0.1, 0.15) is 0 Å². The van der Waals surface area contributed by atoms with E-state index >= 15 is 0 Å². The first-order chi connectivity index (χ1) is 12.0.